The van der Waals surface area contributed by atoms with Gasteiger partial charge in [-0.3, -0.25) is 0 Å². The molecule has 0 heterocycles. The number of rotatable bonds is 2. The van der Waals surface area contributed by atoms with Gasteiger partial charge in [0.15, 0.2) is 0 Å². The van der Waals surface area contributed by atoms with Crippen LogP contribution in [-0.4, -0.2) is 7.11 Å². The zero-order valence-corrected chi connectivity index (χ0v) is 7.69. The molecule has 0 aliphatic carbocycles. The van der Waals surface area contributed by atoms with E-state index >= 15 is 0 Å². The van der Waals surface area contributed by atoms with Crippen LogP contribution in [0.15, 0.2) is 24.3 Å². The second-order valence-electron chi connectivity index (χ2n) is 2.50. The predicted molar refractivity (Wildman–Crippen MR) is 52.4 cm³/mol. The van der Waals surface area contributed by atoms with Crippen LogP contribution in [0.2, 0.25) is 0 Å². The lowest BCUT2D eigenvalue weighted by molar-refractivity contribution is 0.413. The molecule has 0 unspecified atom stereocenters. The van der Waals surface area contributed by atoms with Crippen LogP contribution >= 0.6 is 0 Å². The molecule has 0 aliphatic heterocycles. The van der Waals surface area contributed by atoms with Gasteiger partial charge in [-0.2, -0.15) is 10.5 Å². The molecule has 0 N–H and O–H groups in total. The van der Waals surface area contributed by atoms with E-state index in [2.05, 4.69) is 0 Å². The van der Waals surface area contributed by atoms with Crippen molar-refractivity contribution in [1.82, 2.24) is 0 Å². The monoisotopic (exact) mass is 184 g/mol. The van der Waals surface area contributed by atoms with Crippen molar-refractivity contribution in [3.63, 3.8) is 0 Å². The number of methoxy groups -OCH3 is 1. The maximum Gasteiger partial charge on any atom is 0.137 e. The molecule has 0 amide bonds. The normalized spacial score (nSPS) is 9.36. The highest BCUT2D eigenvalue weighted by molar-refractivity contribution is 5.63. The summed E-state index contributed by atoms with van der Waals surface area (Å²) in [6.45, 7) is 0. The number of nitriles is 2. The fraction of sp³-hybridized carbons (Fsp3) is 0.0909. The Morgan fingerprint density at radius 1 is 1.36 bits per heavy atom. The lowest BCUT2D eigenvalue weighted by Gasteiger charge is -2.03. The van der Waals surface area contributed by atoms with Crippen LogP contribution in [0, 0.1) is 22.7 Å². The summed E-state index contributed by atoms with van der Waals surface area (Å²) >= 11 is 0. The molecule has 0 saturated heterocycles. The highest BCUT2D eigenvalue weighted by atomic mass is 16.5. The number of allylic oxidation sites excluding steroid dienone is 1. The summed E-state index contributed by atoms with van der Waals surface area (Å²) < 4.78 is 5.02. The van der Waals surface area contributed by atoms with Crippen LogP contribution in [0.4, 0.5) is 0 Å². The fourth-order valence-corrected chi connectivity index (χ4v) is 1.10. The second-order valence-corrected chi connectivity index (χ2v) is 2.50. The van der Waals surface area contributed by atoms with Gasteiger partial charge in [-0.1, -0.05) is 12.1 Å². The number of ether oxygens (including phenoxy) is 1. The summed E-state index contributed by atoms with van der Waals surface area (Å²) in [4.78, 5) is 0. The van der Waals surface area contributed by atoms with E-state index in [0.29, 0.717) is 16.9 Å². The van der Waals surface area contributed by atoms with Crippen molar-refractivity contribution < 1.29 is 4.74 Å². The molecule has 1 aromatic rings. The number of nitrogens with zero attached hydrogens (tertiary/aromatic N) is 2. The standard InChI is InChI=1S/C11H8N2O/c1-14-11-6-2-4-9(5-3-7-12)10(11)8-13/h2-6H,1H3. The van der Waals surface area contributed by atoms with Crippen molar-refractivity contribution in [2.24, 2.45) is 0 Å². The fourth-order valence-electron chi connectivity index (χ4n) is 1.10. The minimum atomic E-state index is 0.446. The minimum absolute atomic E-state index is 0.446. The van der Waals surface area contributed by atoms with E-state index in [9.17, 15) is 0 Å². The summed E-state index contributed by atoms with van der Waals surface area (Å²) in [7, 11) is 1.51. The third-order valence-electron chi connectivity index (χ3n) is 1.73. The van der Waals surface area contributed by atoms with E-state index < -0.39 is 0 Å². The SMILES string of the molecule is COc1cccc(C=CC#N)c1C#N. The summed E-state index contributed by atoms with van der Waals surface area (Å²) in [5.41, 5.74) is 1.13. The Morgan fingerprint density at radius 2 is 2.14 bits per heavy atom. The Kier molecular flexibility index (Phi) is 3.29. The highest BCUT2D eigenvalue weighted by Gasteiger charge is 2.04. The first-order valence-electron chi connectivity index (χ1n) is 3.96. The van der Waals surface area contributed by atoms with Crippen molar-refractivity contribution >= 4 is 6.08 Å². The second kappa shape index (κ2) is 4.69. The summed E-state index contributed by atoms with van der Waals surface area (Å²) in [6.07, 6.45) is 2.91. The molecule has 1 rings (SSSR count). The average molecular weight is 184 g/mol. The first-order valence-corrected chi connectivity index (χ1v) is 3.96. The Balaban J connectivity index is 3.25. The van der Waals surface area contributed by atoms with Gasteiger partial charge in [0, 0.05) is 6.08 Å². The van der Waals surface area contributed by atoms with Gasteiger partial charge in [0.1, 0.15) is 17.4 Å². The van der Waals surface area contributed by atoms with Crippen molar-refractivity contribution in [3.05, 3.63) is 35.4 Å². The van der Waals surface area contributed by atoms with Crippen LogP contribution in [0.1, 0.15) is 11.1 Å². The van der Waals surface area contributed by atoms with Gasteiger partial charge in [0.2, 0.25) is 0 Å². The molecule has 0 saturated carbocycles. The third kappa shape index (κ3) is 1.91. The quantitative estimate of drug-likeness (QED) is 0.661. The molecule has 68 valence electrons. The number of hydrogen-bond acceptors (Lipinski definition) is 3. The molecule has 0 aromatic heterocycles. The van der Waals surface area contributed by atoms with E-state index in [1.165, 1.54) is 13.2 Å². The molecule has 0 atom stereocenters. The molecule has 0 bridgehead atoms. The van der Waals surface area contributed by atoms with Crippen molar-refractivity contribution in [2.45, 2.75) is 0 Å². The largest absolute Gasteiger partial charge is 0.495 e. The molecule has 3 heteroatoms. The molecule has 1 aromatic carbocycles. The van der Waals surface area contributed by atoms with Gasteiger partial charge >= 0.3 is 0 Å². The van der Waals surface area contributed by atoms with E-state index in [4.69, 9.17) is 15.3 Å². The lowest BCUT2D eigenvalue weighted by atomic mass is 10.1. The molecule has 0 radical (unpaired) electrons. The van der Waals surface area contributed by atoms with Crippen molar-refractivity contribution in [1.29, 1.82) is 10.5 Å². The van der Waals surface area contributed by atoms with Gasteiger partial charge < -0.3 is 4.74 Å². The van der Waals surface area contributed by atoms with Gasteiger partial charge in [-0.15, -0.1) is 0 Å². The maximum absolute atomic E-state index is 8.88. The minimum Gasteiger partial charge on any atom is -0.495 e. The Hall–Kier alpha value is -2.26. The molecule has 14 heavy (non-hydrogen) atoms. The Morgan fingerprint density at radius 3 is 2.71 bits per heavy atom. The lowest BCUT2D eigenvalue weighted by Crippen LogP contribution is -1.90. The van der Waals surface area contributed by atoms with Gasteiger partial charge in [0.25, 0.3) is 0 Å². The first-order chi connectivity index (χ1) is 6.83. The van der Waals surface area contributed by atoms with Crippen molar-refractivity contribution in [2.75, 3.05) is 7.11 Å². The van der Waals surface area contributed by atoms with Gasteiger partial charge in [-0.25, -0.2) is 0 Å². The third-order valence-corrected chi connectivity index (χ3v) is 1.73. The Bertz CT molecular complexity index is 436. The molecular formula is C11H8N2O. The molecular weight excluding hydrogens is 176 g/mol. The zero-order valence-electron chi connectivity index (χ0n) is 7.69. The molecule has 3 nitrogen and oxygen atoms in total. The maximum atomic E-state index is 8.88. The van der Waals surface area contributed by atoms with Crippen LogP contribution < -0.4 is 4.74 Å². The molecule has 0 spiro atoms. The van der Waals surface area contributed by atoms with E-state index in [1.807, 2.05) is 12.1 Å². The zero-order chi connectivity index (χ0) is 10.4. The molecule has 0 aliphatic rings. The van der Waals surface area contributed by atoms with E-state index in [1.54, 1.807) is 24.3 Å². The number of hydrogen-bond donors (Lipinski definition) is 0. The summed E-state index contributed by atoms with van der Waals surface area (Å²) in [5, 5.41) is 17.2. The Labute approximate surface area is 82.5 Å². The van der Waals surface area contributed by atoms with Crippen LogP contribution in [0.25, 0.3) is 6.08 Å². The summed E-state index contributed by atoms with van der Waals surface area (Å²) in [6, 6.07) is 9.16. The average Bonchev–Trinajstić information content (AvgIpc) is 2.25. The van der Waals surface area contributed by atoms with E-state index in [0.717, 1.165) is 0 Å². The highest BCUT2D eigenvalue weighted by Crippen LogP contribution is 2.21. The predicted octanol–water partition coefficient (Wildman–Crippen LogP) is 2.10. The molecule has 0 fully saturated rings. The first kappa shape index (κ1) is 9.83. The van der Waals surface area contributed by atoms with Gasteiger partial charge in [0.05, 0.1) is 13.2 Å². The summed E-state index contributed by atoms with van der Waals surface area (Å²) in [5.74, 6) is 0.521. The topological polar surface area (TPSA) is 56.8 Å². The number of benzene rings is 1. The van der Waals surface area contributed by atoms with E-state index in [-0.39, 0.29) is 0 Å². The van der Waals surface area contributed by atoms with Crippen LogP contribution in [0.5, 0.6) is 5.75 Å². The smallest absolute Gasteiger partial charge is 0.137 e. The van der Waals surface area contributed by atoms with Crippen molar-refractivity contribution in [3.8, 4) is 17.9 Å². The van der Waals surface area contributed by atoms with Crippen LogP contribution in [-0.2, 0) is 0 Å². The van der Waals surface area contributed by atoms with Crippen LogP contribution in [0.3, 0.4) is 0 Å². The van der Waals surface area contributed by atoms with Gasteiger partial charge in [-0.05, 0) is 17.7 Å².